The van der Waals surface area contributed by atoms with E-state index in [-0.39, 0.29) is 0 Å². The first-order valence-corrected chi connectivity index (χ1v) is 7.33. The number of benzene rings is 1. The molecule has 4 nitrogen and oxygen atoms in total. The molecule has 1 aromatic heterocycles. The van der Waals surface area contributed by atoms with E-state index < -0.39 is 0 Å². The van der Waals surface area contributed by atoms with Crippen LogP contribution in [0, 0.1) is 5.92 Å². The minimum atomic E-state index is 0.379. The van der Waals surface area contributed by atoms with Gasteiger partial charge in [-0.15, -0.1) is 0 Å². The highest BCUT2D eigenvalue weighted by atomic mass is 16.5. The largest absolute Gasteiger partial charge is 0.398 e. The van der Waals surface area contributed by atoms with Gasteiger partial charge < -0.3 is 15.8 Å². The van der Waals surface area contributed by atoms with Crippen molar-refractivity contribution in [1.29, 1.82) is 0 Å². The van der Waals surface area contributed by atoms with Crippen molar-refractivity contribution in [3.63, 3.8) is 0 Å². The van der Waals surface area contributed by atoms with E-state index in [1.54, 1.807) is 0 Å². The summed E-state index contributed by atoms with van der Waals surface area (Å²) in [5, 5.41) is 5.83. The third kappa shape index (κ3) is 2.00. The molecule has 2 unspecified atom stereocenters. The number of anilines is 2. The summed E-state index contributed by atoms with van der Waals surface area (Å²) in [4.78, 5) is 4.17. The van der Waals surface area contributed by atoms with E-state index in [2.05, 4.69) is 16.4 Å². The molecule has 1 saturated heterocycles. The predicted molar refractivity (Wildman–Crippen MR) is 80.6 cm³/mol. The van der Waals surface area contributed by atoms with E-state index in [0.717, 1.165) is 41.1 Å². The fourth-order valence-corrected chi connectivity index (χ4v) is 3.19. The Balaban J connectivity index is 1.67. The molecule has 3 N–H and O–H groups in total. The van der Waals surface area contributed by atoms with Gasteiger partial charge in [-0.3, -0.25) is 4.98 Å². The quantitative estimate of drug-likeness (QED) is 0.841. The zero-order valence-electron chi connectivity index (χ0n) is 11.4. The summed E-state index contributed by atoms with van der Waals surface area (Å²) in [7, 11) is 0. The highest BCUT2D eigenvalue weighted by Crippen LogP contribution is 2.40. The van der Waals surface area contributed by atoms with E-state index in [4.69, 9.17) is 10.5 Å². The molecule has 2 heterocycles. The van der Waals surface area contributed by atoms with Crippen LogP contribution >= 0.6 is 0 Å². The molecule has 20 heavy (non-hydrogen) atoms. The van der Waals surface area contributed by atoms with Crippen molar-refractivity contribution in [2.75, 3.05) is 17.7 Å². The first kappa shape index (κ1) is 12.0. The molecule has 0 radical (unpaired) electrons. The van der Waals surface area contributed by atoms with Crippen molar-refractivity contribution in [1.82, 2.24) is 4.98 Å². The standard InChI is InChI=1S/C16H19N3O/c17-13-3-4-14(11-5-7-18-9-12(11)13)19-15-6-8-20-16(15)10-1-2-10/h3-5,7,9-10,15-16,19H,1-2,6,8,17H2. The van der Waals surface area contributed by atoms with Gasteiger partial charge in [-0.25, -0.2) is 0 Å². The minimum absolute atomic E-state index is 0.379. The molecule has 0 spiro atoms. The fourth-order valence-electron chi connectivity index (χ4n) is 3.19. The lowest BCUT2D eigenvalue weighted by Crippen LogP contribution is -2.31. The Hall–Kier alpha value is -1.81. The van der Waals surface area contributed by atoms with Gasteiger partial charge in [0.15, 0.2) is 0 Å². The molecule has 2 aromatic rings. The lowest BCUT2D eigenvalue weighted by molar-refractivity contribution is 0.0899. The topological polar surface area (TPSA) is 60.2 Å². The zero-order valence-corrected chi connectivity index (χ0v) is 11.4. The highest BCUT2D eigenvalue weighted by molar-refractivity contribution is 6.00. The van der Waals surface area contributed by atoms with Gasteiger partial charge in [0.1, 0.15) is 0 Å². The number of ether oxygens (including phenoxy) is 1. The smallest absolute Gasteiger partial charge is 0.0804 e. The molecule has 1 aliphatic heterocycles. The lowest BCUT2D eigenvalue weighted by Gasteiger charge is -2.22. The third-order valence-electron chi connectivity index (χ3n) is 4.42. The molecule has 4 heteroatoms. The number of nitrogens with zero attached hydrogens (tertiary/aromatic N) is 1. The molecule has 1 saturated carbocycles. The number of rotatable bonds is 3. The van der Waals surface area contributed by atoms with E-state index in [0.29, 0.717) is 12.1 Å². The molecule has 2 fully saturated rings. The van der Waals surface area contributed by atoms with Crippen LogP contribution in [0.1, 0.15) is 19.3 Å². The van der Waals surface area contributed by atoms with E-state index >= 15 is 0 Å². The van der Waals surface area contributed by atoms with E-state index in [9.17, 15) is 0 Å². The summed E-state index contributed by atoms with van der Waals surface area (Å²) in [5.41, 5.74) is 7.94. The van der Waals surface area contributed by atoms with Crippen LogP contribution in [0.25, 0.3) is 10.8 Å². The van der Waals surface area contributed by atoms with Gasteiger partial charge in [-0.2, -0.15) is 0 Å². The molecule has 104 valence electrons. The average molecular weight is 269 g/mol. The first-order valence-electron chi connectivity index (χ1n) is 7.33. The number of fused-ring (bicyclic) bond motifs is 1. The summed E-state index contributed by atoms with van der Waals surface area (Å²) < 4.78 is 5.90. The Morgan fingerprint density at radius 3 is 2.90 bits per heavy atom. The second kappa shape index (κ2) is 4.63. The Morgan fingerprint density at radius 1 is 1.15 bits per heavy atom. The molecule has 1 aliphatic carbocycles. The number of nitrogens with one attached hydrogen (secondary N) is 1. The Bertz CT molecular complexity index is 639. The Labute approximate surface area is 118 Å². The van der Waals surface area contributed by atoms with Crippen LogP contribution in [0.5, 0.6) is 0 Å². The van der Waals surface area contributed by atoms with Gasteiger partial charge in [0.25, 0.3) is 0 Å². The van der Waals surface area contributed by atoms with Crippen LogP contribution < -0.4 is 11.1 Å². The summed E-state index contributed by atoms with van der Waals surface area (Å²) in [6, 6.07) is 6.46. The molecule has 2 aliphatic rings. The van der Waals surface area contributed by atoms with E-state index in [1.165, 1.54) is 12.8 Å². The maximum atomic E-state index is 6.03. The van der Waals surface area contributed by atoms with Gasteiger partial charge in [0, 0.05) is 41.1 Å². The second-order valence-corrected chi connectivity index (χ2v) is 5.84. The maximum Gasteiger partial charge on any atom is 0.0804 e. The number of nitrogen functional groups attached to an aromatic ring is 1. The lowest BCUT2D eigenvalue weighted by atomic mass is 10.0. The van der Waals surface area contributed by atoms with Crippen molar-refractivity contribution in [3.05, 3.63) is 30.6 Å². The number of nitrogens with two attached hydrogens (primary N) is 1. The van der Waals surface area contributed by atoms with Crippen LogP contribution in [0.2, 0.25) is 0 Å². The van der Waals surface area contributed by atoms with Crippen LogP contribution in [0.4, 0.5) is 11.4 Å². The fraction of sp³-hybridized carbons (Fsp3) is 0.438. The predicted octanol–water partition coefficient (Wildman–Crippen LogP) is 2.80. The number of hydrogen-bond acceptors (Lipinski definition) is 4. The SMILES string of the molecule is Nc1ccc(NC2CCOC2C2CC2)c2ccncc12. The molecular weight excluding hydrogens is 250 g/mol. The van der Waals surface area contributed by atoms with Crippen molar-refractivity contribution in [3.8, 4) is 0 Å². The maximum absolute atomic E-state index is 6.03. The van der Waals surface area contributed by atoms with Gasteiger partial charge in [0.05, 0.1) is 12.1 Å². The van der Waals surface area contributed by atoms with Gasteiger partial charge >= 0.3 is 0 Å². The summed E-state index contributed by atoms with van der Waals surface area (Å²) in [5.74, 6) is 0.761. The molecule has 2 atom stereocenters. The number of pyridine rings is 1. The normalized spacial score (nSPS) is 26.0. The van der Waals surface area contributed by atoms with Crippen molar-refractivity contribution >= 4 is 22.1 Å². The monoisotopic (exact) mass is 269 g/mol. The number of aromatic nitrogens is 1. The molecule has 4 rings (SSSR count). The van der Waals surface area contributed by atoms with Crippen molar-refractivity contribution in [2.45, 2.75) is 31.4 Å². The van der Waals surface area contributed by atoms with Crippen LogP contribution in [0.15, 0.2) is 30.6 Å². The van der Waals surface area contributed by atoms with Crippen molar-refractivity contribution in [2.24, 2.45) is 5.92 Å². The molecule has 1 aromatic carbocycles. The Kier molecular flexibility index (Phi) is 2.77. The van der Waals surface area contributed by atoms with E-state index in [1.807, 2.05) is 24.5 Å². The van der Waals surface area contributed by atoms with Crippen LogP contribution in [-0.2, 0) is 4.74 Å². The summed E-state index contributed by atoms with van der Waals surface area (Å²) >= 11 is 0. The highest BCUT2D eigenvalue weighted by Gasteiger charge is 2.40. The van der Waals surface area contributed by atoms with Gasteiger partial charge in [-0.1, -0.05) is 0 Å². The summed E-state index contributed by atoms with van der Waals surface area (Å²) in [6.07, 6.45) is 7.74. The second-order valence-electron chi connectivity index (χ2n) is 5.84. The third-order valence-corrected chi connectivity index (χ3v) is 4.42. The minimum Gasteiger partial charge on any atom is -0.398 e. The van der Waals surface area contributed by atoms with Gasteiger partial charge in [0.2, 0.25) is 0 Å². The van der Waals surface area contributed by atoms with Crippen LogP contribution in [0.3, 0.4) is 0 Å². The number of hydrogen-bond donors (Lipinski definition) is 2. The average Bonchev–Trinajstić information content (AvgIpc) is 3.22. The van der Waals surface area contributed by atoms with Crippen LogP contribution in [-0.4, -0.2) is 23.7 Å². The van der Waals surface area contributed by atoms with Gasteiger partial charge in [-0.05, 0) is 43.4 Å². The zero-order chi connectivity index (χ0) is 13.5. The van der Waals surface area contributed by atoms with Crippen molar-refractivity contribution < 1.29 is 4.74 Å². The molecular formula is C16H19N3O. The Morgan fingerprint density at radius 2 is 2.05 bits per heavy atom. The first-order chi connectivity index (χ1) is 9.83. The molecule has 0 bridgehead atoms. The molecule has 0 amide bonds. The summed E-state index contributed by atoms with van der Waals surface area (Å²) in [6.45, 7) is 0.868.